The highest BCUT2D eigenvalue weighted by molar-refractivity contribution is 7.22. The molecule has 0 saturated carbocycles. The molecule has 0 saturated heterocycles. The van der Waals surface area contributed by atoms with E-state index in [0.29, 0.717) is 12.1 Å². The Morgan fingerprint density at radius 1 is 1.07 bits per heavy atom. The molecular weight excluding hydrogens is 380 g/mol. The molecule has 0 radical (unpaired) electrons. The summed E-state index contributed by atoms with van der Waals surface area (Å²) in [5, 5.41) is 0.780. The number of quaternary nitrogens is 1. The number of carbonyl (C=O) groups is 1. The molecule has 1 aromatic heterocycles. The summed E-state index contributed by atoms with van der Waals surface area (Å²) in [6.07, 6.45) is 0. The summed E-state index contributed by atoms with van der Waals surface area (Å²) in [7, 11) is 4.00. The van der Waals surface area contributed by atoms with Crippen molar-refractivity contribution in [1.29, 1.82) is 0 Å². The molecule has 6 heteroatoms. The molecule has 0 spiro atoms. The maximum absolute atomic E-state index is 13.4. The molecule has 1 N–H and O–H groups in total. The number of anilines is 2. The van der Waals surface area contributed by atoms with Crippen molar-refractivity contribution in [2.45, 2.75) is 20.8 Å². The molecule has 0 aliphatic carbocycles. The van der Waals surface area contributed by atoms with Crippen LogP contribution in [0, 0.1) is 6.92 Å². The molecule has 0 bridgehead atoms. The van der Waals surface area contributed by atoms with Crippen LogP contribution >= 0.6 is 11.3 Å². The van der Waals surface area contributed by atoms with Gasteiger partial charge in [-0.1, -0.05) is 23.5 Å². The molecule has 1 amide bonds. The summed E-state index contributed by atoms with van der Waals surface area (Å²) < 4.78 is 1.12. The first kappa shape index (κ1) is 21.3. The van der Waals surface area contributed by atoms with E-state index in [-0.39, 0.29) is 5.91 Å². The van der Waals surface area contributed by atoms with Crippen molar-refractivity contribution in [2.24, 2.45) is 0 Å². The topological polar surface area (TPSA) is 40.9 Å². The van der Waals surface area contributed by atoms with E-state index < -0.39 is 0 Å². The number of aryl methyl sites for hydroxylation is 1. The minimum Gasteiger partial charge on any atom is -0.378 e. The summed E-state index contributed by atoms with van der Waals surface area (Å²) in [6, 6.07) is 14.0. The van der Waals surface area contributed by atoms with E-state index in [4.69, 9.17) is 4.98 Å². The lowest BCUT2D eigenvalue weighted by molar-refractivity contribution is -0.894. The van der Waals surface area contributed by atoms with Crippen LogP contribution in [-0.2, 0) is 0 Å². The lowest BCUT2D eigenvalue weighted by Gasteiger charge is -2.23. The predicted molar refractivity (Wildman–Crippen MR) is 124 cm³/mol. The van der Waals surface area contributed by atoms with Gasteiger partial charge < -0.3 is 9.80 Å². The van der Waals surface area contributed by atoms with Crippen molar-refractivity contribution in [2.75, 3.05) is 50.1 Å². The highest BCUT2D eigenvalue weighted by Gasteiger charge is 2.23. The zero-order chi connectivity index (χ0) is 21.0. The third kappa shape index (κ3) is 4.77. The van der Waals surface area contributed by atoms with E-state index in [2.05, 4.69) is 32.9 Å². The molecule has 3 aromatic rings. The first-order valence-electron chi connectivity index (χ1n) is 10.2. The van der Waals surface area contributed by atoms with Crippen LogP contribution in [0.5, 0.6) is 0 Å². The van der Waals surface area contributed by atoms with Crippen molar-refractivity contribution in [3.63, 3.8) is 0 Å². The van der Waals surface area contributed by atoms with Crippen LogP contribution < -0.4 is 14.7 Å². The smallest absolute Gasteiger partial charge is 0.260 e. The number of para-hydroxylation sites is 1. The number of benzene rings is 2. The van der Waals surface area contributed by atoms with E-state index in [1.165, 1.54) is 4.90 Å². The summed E-state index contributed by atoms with van der Waals surface area (Å²) >= 11 is 1.59. The molecule has 0 atom stereocenters. The molecule has 1 heterocycles. The molecule has 0 fully saturated rings. The minimum atomic E-state index is 0.0126. The van der Waals surface area contributed by atoms with Gasteiger partial charge in [-0.05, 0) is 56.7 Å². The summed E-state index contributed by atoms with van der Waals surface area (Å²) in [5.74, 6) is 0.0126. The molecular formula is C23H31N4OS+. The van der Waals surface area contributed by atoms with Gasteiger partial charge in [0.15, 0.2) is 5.13 Å². The normalized spacial score (nSPS) is 11.2. The Balaban J connectivity index is 1.94. The van der Waals surface area contributed by atoms with Gasteiger partial charge in [0.1, 0.15) is 0 Å². The Labute approximate surface area is 177 Å². The molecule has 3 rings (SSSR count). The van der Waals surface area contributed by atoms with Crippen LogP contribution in [0.15, 0.2) is 42.5 Å². The number of fused-ring (bicyclic) bond motifs is 1. The van der Waals surface area contributed by atoms with Crippen LogP contribution in [0.3, 0.4) is 0 Å². The van der Waals surface area contributed by atoms with Crippen molar-refractivity contribution < 1.29 is 9.69 Å². The third-order valence-corrected chi connectivity index (χ3v) is 6.45. The predicted octanol–water partition coefficient (Wildman–Crippen LogP) is 3.24. The maximum Gasteiger partial charge on any atom is 0.260 e. The van der Waals surface area contributed by atoms with Gasteiger partial charge in [0.25, 0.3) is 5.91 Å². The lowest BCUT2D eigenvalue weighted by Crippen LogP contribution is -3.12. The second-order valence-corrected chi connectivity index (χ2v) is 8.53. The van der Waals surface area contributed by atoms with Crippen molar-refractivity contribution in [1.82, 2.24) is 4.98 Å². The van der Waals surface area contributed by atoms with Gasteiger partial charge in [-0.15, -0.1) is 0 Å². The molecule has 5 nitrogen and oxygen atoms in total. The summed E-state index contributed by atoms with van der Waals surface area (Å²) in [6.45, 7) is 10.1. The Kier molecular flexibility index (Phi) is 6.87. The quantitative estimate of drug-likeness (QED) is 0.619. The van der Waals surface area contributed by atoms with Gasteiger partial charge in [-0.3, -0.25) is 9.69 Å². The van der Waals surface area contributed by atoms with Crippen LogP contribution in [0.25, 0.3) is 10.2 Å². The van der Waals surface area contributed by atoms with E-state index >= 15 is 0 Å². The van der Waals surface area contributed by atoms with E-state index in [0.717, 1.165) is 46.2 Å². The van der Waals surface area contributed by atoms with Gasteiger partial charge in [-0.25, -0.2) is 4.98 Å². The van der Waals surface area contributed by atoms with Crippen LogP contribution in [0.2, 0.25) is 0 Å². The number of nitrogens with zero attached hydrogens (tertiary/aromatic N) is 3. The first-order chi connectivity index (χ1) is 13.9. The molecule has 0 unspecified atom stereocenters. The van der Waals surface area contributed by atoms with Crippen molar-refractivity contribution in [3.8, 4) is 0 Å². The number of hydrogen-bond donors (Lipinski definition) is 1. The number of hydrogen-bond acceptors (Lipinski definition) is 4. The molecule has 29 heavy (non-hydrogen) atoms. The highest BCUT2D eigenvalue weighted by Crippen LogP contribution is 2.31. The van der Waals surface area contributed by atoms with Gasteiger partial charge in [0.05, 0.1) is 36.4 Å². The van der Waals surface area contributed by atoms with Gasteiger partial charge in [-0.2, -0.15) is 0 Å². The molecule has 0 aliphatic heterocycles. The number of nitrogens with one attached hydrogen (secondary N) is 1. The van der Waals surface area contributed by atoms with E-state index in [1.54, 1.807) is 11.3 Å². The van der Waals surface area contributed by atoms with E-state index in [1.807, 2.05) is 54.2 Å². The number of aromatic nitrogens is 1. The Hall–Kier alpha value is -2.44. The Bertz CT molecular complexity index is 961. The second-order valence-electron chi connectivity index (χ2n) is 7.52. The molecule has 0 aliphatic rings. The number of carbonyl (C=O) groups excluding carboxylic acids is 1. The maximum atomic E-state index is 13.4. The number of rotatable bonds is 8. The van der Waals surface area contributed by atoms with Gasteiger partial charge >= 0.3 is 0 Å². The number of amides is 1. The van der Waals surface area contributed by atoms with Crippen molar-refractivity contribution >= 4 is 38.3 Å². The average Bonchev–Trinajstić information content (AvgIpc) is 3.16. The van der Waals surface area contributed by atoms with Gasteiger partial charge in [0, 0.05) is 25.3 Å². The summed E-state index contributed by atoms with van der Waals surface area (Å²) in [4.78, 5) is 23.7. The molecule has 154 valence electrons. The monoisotopic (exact) mass is 411 g/mol. The number of likely N-dealkylation sites (N-methyl/N-ethyl adjacent to an activating group) is 1. The average molecular weight is 412 g/mol. The van der Waals surface area contributed by atoms with Gasteiger partial charge in [0.2, 0.25) is 0 Å². The van der Waals surface area contributed by atoms with Crippen LogP contribution in [-0.4, -0.2) is 51.2 Å². The van der Waals surface area contributed by atoms with E-state index in [9.17, 15) is 4.79 Å². The van der Waals surface area contributed by atoms with Crippen LogP contribution in [0.1, 0.15) is 29.8 Å². The second kappa shape index (κ2) is 9.37. The third-order valence-electron chi connectivity index (χ3n) is 5.41. The zero-order valence-electron chi connectivity index (χ0n) is 18.0. The van der Waals surface area contributed by atoms with Crippen LogP contribution in [0.4, 0.5) is 10.8 Å². The number of thiazole rings is 1. The lowest BCUT2D eigenvalue weighted by atomic mass is 10.1. The van der Waals surface area contributed by atoms with Crippen molar-refractivity contribution in [3.05, 3.63) is 53.6 Å². The standard InChI is InChI=1S/C23H30N4OS/c1-6-26(7-2)15-16-27(22(28)18-11-13-19(14-12-18)25(4)5)23-24-21-17(3)9-8-10-20(21)29-23/h8-14H,6-7,15-16H2,1-5H3/p+1. The Morgan fingerprint density at radius 3 is 2.34 bits per heavy atom. The highest BCUT2D eigenvalue weighted by atomic mass is 32.1. The fourth-order valence-electron chi connectivity index (χ4n) is 3.41. The Morgan fingerprint density at radius 2 is 1.76 bits per heavy atom. The molecule has 2 aromatic carbocycles. The fraction of sp³-hybridized carbons (Fsp3) is 0.391. The SMILES string of the molecule is CC[NH+](CC)CCN(C(=O)c1ccc(N(C)C)cc1)c1nc2c(C)cccc2s1. The largest absolute Gasteiger partial charge is 0.378 e. The summed E-state index contributed by atoms with van der Waals surface area (Å²) in [5.41, 5.74) is 3.91. The first-order valence-corrected chi connectivity index (χ1v) is 11.0. The zero-order valence-corrected chi connectivity index (χ0v) is 18.8. The fourth-order valence-corrected chi connectivity index (χ4v) is 4.47. The minimum absolute atomic E-state index is 0.0126.